The van der Waals surface area contributed by atoms with E-state index >= 15 is 0 Å². The highest BCUT2D eigenvalue weighted by Crippen LogP contribution is 2.26. The lowest BCUT2D eigenvalue weighted by Crippen LogP contribution is -2.39. The van der Waals surface area contributed by atoms with Gasteiger partial charge >= 0.3 is 0 Å². The van der Waals surface area contributed by atoms with Crippen LogP contribution in [0.15, 0.2) is 23.0 Å². The Bertz CT molecular complexity index is 1120. The molecule has 1 aromatic carbocycles. The Morgan fingerprint density at radius 1 is 1.06 bits per heavy atom. The van der Waals surface area contributed by atoms with Crippen molar-refractivity contribution in [1.82, 2.24) is 30.1 Å². The second-order valence-electron chi connectivity index (χ2n) is 10.0. The lowest BCUT2D eigenvalue weighted by Gasteiger charge is -2.34. The summed E-state index contributed by atoms with van der Waals surface area (Å²) in [4.78, 5) is 18.5. The van der Waals surface area contributed by atoms with Crippen LogP contribution in [0.4, 0.5) is 0 Å². The Kier molecular flexibility index (Phi) is 5.97. The van der Waals surface area contributed by atoms with Gasteiger partial charge < -0.3 is 4.98 Å². The minimum Gasteiger partial charge on any atom is -0.322 e. The molecule has 0 amide bonds. The first-order valence-corrected chi connectivity index (χ1v) is 11.4. The van der Waals surface area contributed by atoms with Crippen LogP contribution in [0.1, 0.15) is 75.4 Å². The van der Waals surface area contributed by atoms with E-state index in [-0.39, 0.29) is 11.1 Å². The number of tetrazole rings is 1. The third-order valence-corrected chi connectivity index (χ3v) is 6.51. The predicted octanol–water partition coefficient (Wildman–Crippen LogP) is 4.22. The molecule has 166 valence electrons. The molecule has 4 rings (SSSR count). The van der Waals surface area contributed by atoms with Crippen molar-refractivity contribution in [2.24, 2.45) is 0 Å². The predicted molar refractivity (Wildman–Crippen MR) is 123 cm³/mol. The molecule has 0 unspecified atom stereocenters. The summed E-state index contributed by atoms with van der Waals surface area (Å²) in [5.41, 5.74) is 3.93. The van der Waals surface area contributed by atoms with E-state index in [2.05, 4.69) is 78.2 Å². The molecule has 3 aromatic rings. The van der Waals surface area contributed by atoms with Crippen molar-refractivity contribution in [1.29, 1.82) is 0 Å². The van der Waals surface area contributed by atoms with E-state index in [1.165, 1.54) is 30.4 Å². The van der Waals surface area contributed by atoms with Crippen LogP contribution in [0.2, 0.25) is 0 Å². The van der Waals surface area contributed by atoms with Crippen molar-refractivity contribution in [3.05, 3.63) is 51.1 Å². The normalized spacial score (nSPS) is 15.8. The highest BCUT2D eigenvalue weighted by Gasteiger charge is 2.27. The molecule has 2 aromatic heterocycles. The van der Waals surface area contributed by atoms with E-state index in [1.807, 2.05) is 4.68 Å². The number of rotatable bonds is 5. The van der Waals surface area contributed by atoms with Crippen molar-refractivity contribution >= 4 is 10.9 Å². The maximum atomic E-state index is 12.9. The summed E-state index contributed by atoms with van der Waals surface area (Å²) in [6, 6.07) is 6.72. The van der Waals surface area contributed by atoms with Crippen LogP contribution in [0.5, 0.6) is 0 Å². The smallest absolute Gasteiger partial charge is 0.252 e. The van der Waals surface area contributed by atoms with Gasteiger partial charge in [-0.3, -0.25) is 9.69 Å². The van der Waals surface area contributed by atoms with Crippen molar-refractivity contribution < 1.29 is 0 Å². The molecular weight excluding hydrogens is 388 g/mol. The summed E-state index contributed by atoms with van der Waals surface area (Å²) in [6.45, 7) is 11.7. The first-order valence-electron chi connectivity index (χ1n) is 11.4. The highest BCUT2D eigenvalue weighted by molar-refractivity contribution is 5.80. The van der Waals surface area contributed by atoms with Gasteiger partial charge in [-0.15, -0.1) is 5.10 Å². The molecule has 0 radical (unpaired) electrons. The first kappa shape index (κ1) is 21.7. The van der Waals surface area contributed by atoms with Crippen molar-refractivity contribution in [3.8, 4) is 0 Å². The van der Waals surface area contributed by atoms with Gasteiger partial charge in [0.2, 0.25) is 0 Å². The molecule has 1 aliphatic carbocycles. The van der Waals surface area contributed by atoms with Crippen LogP contribution < -0.4 is 5.56 Å². The maximum Gasteiger partial charge on any atom is 0.252 e. The van der Waals surface area contributed by atoms with E-state index in [0.29, 0.717) is 19.1 Å². The van der Waals surface area contributed by atoms with Crippen LogP contribution in [0, 0.1) is 13.8 Å². The van der Waals surface area contributed by atoms with Gasteiger partial charge in [0.25, 0.3) is 5.56 Å². The molecule has 0 spiro atoms. The van der Waals surface area contributed by atoms with Gasteiger partial charge in [-0.1, -0.05) is 19.3 Å². The Labute approximate surface area is 183 Å². The van der Waals surface area contributed by atoms with Gasteiger partial charge in [0.1, 0.15) is 0 Å². The van der Waals surface area contributed by atoms with E-state index in [0.717, 1.165) is 35.1 Å². The minimum absolute atomic E-state index is 0.00743. The first-order chi connectivity index (χ1) is 14.7. The van der Waals surface area contributed by atoms with Gasteiger partial charge in [0.05, 0.1) is 12.1 Å². The average molecular weight is 423 g/mol. The van der Waals surface area contributed by atoms with Gasteiger partial charge in [0.15, 0.2) is 5.82 Å². The quantitative estimate of drug-likeness (QED) is 0.666. The number of aromatic amines is 1. The zero-order valence-electron chi connectivity index (χ0n) is 19.4. The molecule has 0 saturated heterocycles. The number of aromatic nitrogens is 5. The summed E-state index contributed by atoms with van der Waals surface area (Å²) in [7, 11) is 0. The molecule has 0 atom stereocenters. The fraction of sp³-hybridized carbons (Fsp3) is 0.583. The Morgan fingerprint density at radius 2 is 1.77 bits per heavy atom. The molecule has 1 N–H and O–H groups in total. The molecule has 7 heteroatoms. The third-order valence-electron chi connectivity index (χ3n) is 6.51. The van der Waals surface area contributed by atoms with Crippen LogP contribution in [-0.2, 0) is 18.6 Å². The van der Waals surface area contributed by atoms with E-state index in [9.17, 15) is 4.79 Å². The number of aryl methyl sites for hydroxylation is 2. The Morgan fingerprint density at radius 3 is 2.48 bits per heavy atom. The zero-order chi connectivity index (χ0) is 22.2. The number of H-pyrrole nitrogens is 1. The van der Waals surface area contributed by atoms with E-state index in [4.69, 9.17) is 0 Å². The summed E-state index contributed by atoms with van der Waals surface area (Å²) in [5.74, 6) is 0.849. The summed E-state index contributed by atoms with van der Waals surface area (Å²) < 4.78 is 1.90. The standard InChI is InChI=1S/C24H34N6O/c1-16-11-18-13-19(23(31)25-21(18)12-17(16)2)14-29(20-9-7-6-8-10-20)15-22-26-27-28-30(22)24(3,4)5/h11-13,20H,6-10,14-15H2,1-5H3,(H,25,31). The van der Waals surface area contributed by atoms with Crippen LogP contribution in [-0.4, -0.2) is 36.1 Å². The molecule has 0 aliphatic heterocycles. The number of hydrogen-bond donors (Lipinski definition) is 1. The van der Waals surface area contributed by atoms with Crippen LogP contribution >= 0.6 is 0 Å². The highest BCUT2D eigenvalue weighted by atomic mass is 16.1. The number of fused-ring (bicyclic) bond motifs is 1. The van der Waals surface area contributed by atoms with Crippen molar-refractivity contribution in [3.63, 3.8) is 0 Å². The molecular formula is C24H34N6O. The Hall–Kier alpha value is -2.54. The van der Waals surface area contributed by atoms with E-state index in [1.54, 1.807) is 0 Å². The topological polar surface area (TPSA) is 79.7 Å². The summed E-state index contributed by atoms with van der Waals surface area (Å²) >= 11 is 0. The minimum atomic E-state index is -0.188. The molecule has 1 fully saturated rings. The maximum absolute atomic E-state index is 12.9. The van der Waals surface area contributed by atoms with Crippen molar-refractivity contribution in [2.45, 2.75) is 91.4 Å². The number of hydrogen-bond acceptors (Lipinski definition) is 5. The lowest BCUT2D eigenvalue weighted by atomic mass is 9.93. The lowest BCUT2D eigenvalue weighted by molar-refractivity contribution is 0.130. The fourth-order valence-electron chi connectivity index (χ4n) is 4.63. The average Bonchev–Trinajstić information content (AvgIpc) is 3.19. The summed E-state index contributed by atoms with van der Waals surface area (Å²) in [5, 5.41) is 13.6. The van der Waals surface area contributed by atoms with Crippen molar-refractivity contribution in [2.75, 3.05) is 0 Å². The molecule has 1 aliphatic rings. The summed E-state index contributed by atoms with van der Waals surface area (Å²) in [6.07, 6.45) is 6.07. The number of nitrogens with one attached hydrogen (secondary N) is 1. The zero-order valence-corrected chi connectivity index (χ0v) is 19.4. The van der Waals surface area contributed by atoms with Gasteiger partial charge in [-0.05, 0) is 92.6 Å². The largest absolute Gasteiger partial charge is 0.322 e. The molecule has 7 nitrogen and oxygen atoms in total. The second kappa shape index (κ2) is 8.54. The molecule has 1 saturated carbocycles. The SMILES string of the molecule is Cc1cc2cc(CN(Cc3nnnn3C(C)(C)C)C3CCCCC3)c(=O)[nH]c2cc1C. The molecule has 2 heterocycles. The molecule has 31 heavy (non-hydrogen) atoms. The van der Waals surface area contributed by atoms with Gasteiger partial charge in [-0.2, -0.15) is 0 Å². The monoisotopic (exact) mass is 422 g/mol. The van der Waals surface area contributed by atoms with Crippen LogP contribution in [0.25, 0.3) is 10.9 Å². The van der Waals surface area contributed by atoms with Gasteiger partial charge in [0, 0.05) is 23.7 Å². The van der Waals surface area contributed by atoms with E-state index < -0.39 is 0 Å². The Balaban J connectivity index is 1.68. The fourth-order valence-corrected chi connectivity index (χ4v) is 4.63. The number of benzene rings is 1. The third kappa shape index (κ3) is 4.71. The second-order valence-corrected chi connectivity index (χ2v) is 10.0. The number of nitrogens with zero attached hydrogens (tertiary/aromatic N) is 5. The number of pyridine rings is 1. The van der Waals surface area contributed by atoms with Gasteiger partial charge in [-0.25, -0.2) is 4.68 Å². The molecule has 0 bridgehead atoms. The van der Waals surface area contributed by atoms with Crippen LogP contribution in [0.3, 0.4) is 0 Å².